The number of nitrogens with zero attached hydrogens (tertiary/aromatic N) is 2. The van der Waals surface area contributed by atoms with Crippen LogP contribution in [0.15, 0.2) is 53.3 Å². The number of halogens is 1. The Bertz CT molecular complexity index is 1370. The Morgan fingerprint density at radius 1 is 1.20 bits per heavy atom. The van der Waals surface area contributed by atoms with E-state index in [-0.39, 0.29) is 24.1 Å². The van der Waals surface area contributed by atoms with Gasteiger partial charge in [-0.25, -0.2) is 0 Å². The average Bonchev–Trinajstić information content (AvgIpc) is 3.08. The zero-order valence-corrected chi connectivity index (χ0v) is 18.9. The van der Waals surface area contributed by atoms with Gasteiger partial charge in [0.15, 0.2) is 3.95 Å². The Labute approximate surface area is 187 Å². The van der Waals surface area contributed by atoms with Crippen LogP contribution in [0.5, 0.6) is 0 Å². The number of fused-ring (bicyclic) bond motifs is 3. The van der Waals surface area contributed by atoms with E-state index in [1.807, 2.05) is 48.6 Å². The Hall–Kier alpha value is -2.48. The number of hydrogen-bond acceptors (Lipinski definition) is 4. The minimum Gasteiger partial charge on any atom is -0.352 e. The van der Waals surface area contributed by atoms with E-state index in [1.54, 1.807) is 18.2 Å². The fourth-order valence-corrected chi connectivity index (χ4v) is 4.97. The Balaban J connectivity index is 2.03. The van der Waals surface area contributed by atoms with Crippen LogP contribution in [-0.2, 0) is 11.3 Å². The number of benzene rings is 2. The second kappa shape index (κ2) is 8.34. The van der Waals surface area contributed by atoms with Crippen molar-refractivity contribution < 1.29 is 4.79 Å². The average molecular weight is 458 g/mol. The van der Waals surface area contributed by atoms with E-state index in [9.17, 15) is 9.59 Å². The SMILES string of the molecule is CC[C@@H](C)NC(=O)Cn1c(=O)c2ccccc2n2c(=S)sc(-c3ccc(Cl)cc3)c12. The Morgan fingerprint density at radius 2 is 1.90 bits per heavy atom. The molecule has 1 atom stereocenters. The number of nitrogens with one attached hydrogen (secondary N) is 1. The second-order valence-corrected chi connectivity index (χ2v) is 9.23. The van der Waals surface area contributed by atoms with Crippen molar-refractivity contribution in [3.05, 3.63) is 67.9 Å². The van der Waals surface area contributed by atoms with E-state index < -0.39 is 0 Å². The van der Waals surface area contributed by atoms with Crippen molar-refractivity contribution in [3.8, 4) is 10.4 Å². The highest BCUT2D eigenvalue weighted by atomic mass is 35.5. The monoisotopic (exact) mass is 457 g/mol. The van der Waals surface area contributed by atoms with Crippen molar-refractivity contribution in [1.29, 1.82) is 0 Å². The van der Waals surface area contributed by atoms with Crippen LogP contribution in [0.25, 0.3) is 27.0 Å². The molecule has 2 heterocycles. The lowest BCUT2D eigenvalue weighted by Crippen LogP contribution is -2.37. The van der Waals surface area contributed by atoms with Crippen LogP contribution in [0.2, 0.25) is 5.02 Å². The van der Waals surface area contributed by atoms with Crippen LogP contribution < -0.4 is 10.9 Å². The summed E-state index contributed by atoms with van der Waals surface area (Å²) in [5, 5.41) is 4.10. The zero-order chi connectivity index (χ0) is 21.4. The van der Waals surface area contributed by atoms with E-state index in [0.717, 1.165) is 22.4 Å². The summed E-state index contributed by atoms with van der Waals surface area (Å²) >= 11 is 13.1. The Kier molecular flexibility index (Phi) is 5.77. The van der Waals surface area contributed by atoms with Gasteiger partial charge in [-0.1, -0.05) is 42.8 Å². The molecule has 4 aromatic rings. The van der Waals surface area contributed by atoms with Gasteiger partial charge in [-0.2, -0.15) is 0 Å². The van der Waals surface area contributed by atoms with Gasteiger partial charge in [0, 0.05) is 11.1 Å². The lowest BCUT2D eigenvalue weighted by molar-refractivity contribution is -0.122. The summed E-state index contributed by atoms with van der Waals surface area (Å²) in [6, 6.07) is 14.8. The number of amides is 1. The minimum atomic E-state index is -0.215. The van der Waals surface area contributed by atoms with Gasteiger partial charge in [0.25, 0.3) is 5.56 Å². The number of thiazole rings is 1. The topological polar surface area (TPSA) is 55.5 Å². The van der Waals surface area contributed by atoms with E-state index in [1.165, 1.54) is 15.9 Å². The molecule has 5 nitrogen and oxygen atoms in total. The maximum atomic E-state index is 13.4. The fourth-order valence-electron chi connectivity index (χ4n) is 3.42. The van der Waals surface area contributed by atoms with Crippen LogP contribution in [0, 0.1) is 3.95 Å². The van der Waals surface area contributed by atoms with Crippen molar-refractivity contribution in [2.45, 2.75) is 32.9 Å². The van der Waals surface area contributed by atoms with Crippen molar-refractivity contribution >= 4 is 57.6 Å². The van der Waals surface area contributed by atoms with Crippen LogP contribution in [0.3, 0.4) is 0 Å². The summed E-state index contributed by atoms with van der Waals surface area (Å²) in [5.41, 5.74) is 2.03. The van der Waals surface area contributed by atoms with Gasteiger partial charge in [-0.05, 0) is 55.4 Å². The summed E-state index contributed by atoms with van der Waals surface area (Å²) < 4.78 is 4.02. The molecule has 0 fully saturated rings. The molecule has 0 saturated heterocycles. The third kappa shape index (κ3) is 3.69. The number of hydrogen-bond donors (Lipinski definition) is 1. The van der Waals surface area contributed by atoms with Gasteiger partial charge >= 0.3 is 0 Å². The van der Waals surface area contributed by atoms with Crippen molar-refractivity contribution in [3.63, 3.8) is 0 Å². The van der Waals surface area contributed by atoms with Gasteiger partial charge in [-0.3, -0.25) is 18.6 Å². The molecule has 1 N–H and O–H groups in total. The normalized spacial score (nSPS) is 12.4. The first kappa shape index (κ1) is 20.8. The number of carbonyl (C=O) groups excluding carboxylic acids is 1. The zero-order valence-electron chi connectivity index (χ0n) is 16.5. The number of aromatic nitrogens is 2. The molecule has 0 bridgehead atoms. The first-order valence-electron chi connectivity index (χ1n) is 9.63. The fraction of sp³-hybridized carbons (Fsp3) is 0.227. The van der Waals surface area contributed by atoms with Crippen LogP contribution in [0.4, 0.5) is 0 Å². The summed E-state index contributed by atoms with van der Waals surface area (Å²) in [7, 11) is 0. The van der Waals surface area contributed by atoms with Gasteiger partial charge in [-0.15, -0.1) is 11.3 Å². The largest absolute Gasteiger partial charge is 0.352 e. The molecule has 30 heavy (non-hydrogen) atoms. The standard InChI is InChI=1S/C22H20ClN3O2S2/c1-3-13(2)24-18(27)12-25-20-19(14-8-10-15(23)11-9-14)30-22(29)26(20)17-7-5-4-6-16(17)21(25)28/h4-11,13H,3,12H2,1-2H3,(H,24,27)/t13-/m1/s1. The van der Waals surface area contributed by atoms with E-state index in [2.05, 4.69) is 5.32 Å². The molecule has 1 amide bonds. The summed E-state index contributed by atoms with van der Waals surface area (Å²) in [5.74, 6) is -0.206. The van der Waals surface area contributed by atoms with Gasteiger partial charge in [0.2, 0.25) is 5.91 Å². The molecule has 154 valence electrons. The molecule has 0 aliphatic carbocycles. The summed E-state index contributed by atoms with van der Waals surface area (Å²) in [4.78, 5) is 26.9. The van der Waals surface area contributed by atoms with Gasteiger partial charge in [0.1, 0.15) is 12.2 Å². The first-order valence-corrected chi connectivity index (χ1v) is 11.2. The van der Waals surface area contributed by atoms with Crippen molar-refractivity contribution in [2.75, 3.05) is 0 Å². The van der Waals surface area contributed by atoms with Crippen LogP contribution >= 0.6 is 35.2 Å². The van der Waals surface area contributed by atoms with E-state index >= 15 is 0 Å². The molecule has 0 unspecified atom stereocenters. The highest BCUT2D eigenvalue weighted by Crippen LogP contribution is 2.33. The maximum Gasteiger partial charge on any atom is 0.262 e. The lowest BCUT2D eigenvalue weighted by Gasteiger charge is -2.15. The molecular formula is C22H20ClN3O2S2. The van der Waals surface area contributed by atoms with E-state index in [0.29, 0.717) is 20.0 Å². The number of carbonyl (C=O) groups is 1. The van der Waals surface area contributed by atoms with E-state index in [4.69, 9.17) is 23.8 Å². The molecule has 0 radical (unpaired) electrons. The van der Waals surface area contributed by atoms with Crippen LogP contribution in [-0.4, -0.2) is 20.9 Å². The third-order valence-electron chi connectivity index (χ3n) is 5.09. The smallest absolute Gasteiger partial charge is 0.262 e. The molecule has 0 saturated carbocycles. The third-order valence-corrected chi connectivity index (χ3v) is 6.76. The highest BCUT2D eigenvalue weighted by Gasteiger charge is 2.20. The van der Waals surface area contributed by atoms with Gasteiger partial charge < -0.3 is 5.32 Å². The molecule has 2 aromatic heterocycles. The molecule has 0 aliphatic heterocycles. The first-order chi connectivity index (χ1) is 14.4. The van der Waals surface area contributed by atoms with Crippen molar-refractivity contribution in [2.24, 2.45) is 0 Å². The predicted octanol–water partition coefficient (Wildman–Crippen LogP) is 5.28. The number of para-hydroxylation sites is 1. The predicted molar refractivity (Wildman–Crippen MR) is 126 cm³/mol. The minimum absolute atomic E-state index is 0.0320. The summed E-state index contributed by atoms with van der Waals surface area (Å²) in [6.45, 7) is 3.86. The van der Waals surface area contributed by atoms with Crippen LogP contribution in [0.1, 0.15) is 20.3 Å². The lowest BCUT2D eigenvalue weighted by atomic mass is 10.2. The summed E-state index contributed by atoms with van der Waals surface area (Å²) in [6.07, 6.45) is 0.813. The second-order valence-electron chi connectivity index (χ2n) is 7.15. The quantitative estimate of drug-likeness (QED) is 0.415. The molecule has 0 aliphatic rings. The molecule has 8 heteroatoms. The highest BCUT2D eigenvalue weighted by molar-refractivity contribution is 7.73. The Morgan fingerprint density at radius 3 is 2.60 bits per heavy atom. The molecular weight excluding hydrogens is 438 g/mol. The van der Waals surface area contributed by atoms with Gasteiger partial charge in [0.05, 0.1) is 15.8 Å². The molecule has 0 spiro atoms. The molecule has 2 aromatic carbocycles. The number of rotatable bonds is 5. The molecule has 4 rings (SSSR count). The van der Waals surface area contributed by atoms with Crippen molar-refractivity contribution in [1.82, 2.24) is 14.3 Å². The maximum absolute atomic E-state index is 13.4.